The molecule has 2 heterocycles. The van der Waals surface area contributed by atoms with Crippen molar-refractivity contribution in [3.63, 3.8) is 0 Å². The highest BCUT2D eigenvalue weighted by atomic mass is 16.5. The van der Waals surface area contributed by atoms with Crippen LogP contribution < -0.4 is 5.32 Å². The summed E-state index contributed by atoms with van der Waals surface area (Å²) >= 11 is 0. The summed E-state index contributed by atoms with van der Waals surface area (Å²) in [7, 11) is 0. The number of ether oxygens (including phenoxy) is 2. The largest absolute Gasteiger partial charge is 0.380 e. The first-order valence-corrected chi connectivity index (χ1v) is 5.31. The van der Waals surface area contributed by atoms with Gasteiger partial charge in [0.2, 0.25) is 0 Å². The molecule has 2 fully saturated rings. The maximum absolute atomic E-state index is 5.62. The topological polar surface area (TPSA) is 30.5 Å². The van der Waals surface area contributed by atoms with Crippen molar-refractivity contribution in [3.8, 4) is 0 Å². The molecule has 2 saturated heterocycles. The second-order valence-electron chi connectivity index (χ2n) is 4.07. The molecule has 0 aromatic heterocycles. The van der Waals surface area contributed by atoms with Gasteiger partial charge in [0.15, 0.2) is 0 Å². The molecule has 2 aliphatic rings. The average Bonchev–Trinajstić information content (AvgIpc) is 2.74. The molecule has 76 valence electrons. The van der Waals surface area contributed by atoms with Crippen molar-refractivity contribution in [2.24, 2.45) is 0 Å². The molecule has 0 amide bonds. The van der Waals surface area contributed by atoms with E-state index in [1.54, 1.807) is 0 Å². The summed E-state index contributed by atoms with van der Waals surface area (Å²) in [5.41, 5.74) is 0. The van der Waals surface area contributed by atoms with E-state index >= 15 is 0 Å². The zero-order valence-corrected chi connectivity index (χ0v) is 8.29. The Bertz CT molecular complexity index is 151. The Morgan fingerprint density at radius 1 is 1.31 bits per heavy atom. The molecule has 13 heavy (non-hydrogen) atoms. The van der Waals surface area contributed by atoms with Crippen molar-refractivity contribution in [3.05, 3.63) is 0 Å². The van der Waals surface area contributed by atoms with Crippen LogP contribution >= 0.6 is 0 Å². The van der Waals surface area contributed by atoms with E-state index in [4.69, 9.17) is 9.47 Å². The van der Waals surface area contributed by atoms with Gasteiger partial charge in [-0.15, -0.1) is 0 Å². The first-order valence-electron chi connectivity index (χ1n) is 5.31. The number of nitrogens with one attached hydrogen (secondary N) is 1. The third-order valence-corrected chi connectivity index (χ3v) is 2.95. The van der Waals surface area contributed by atoms with Gasteiger partial charge in [0.1, 0.15) is 0 Å². The minimum Gasteiger partial charge on any atom is -0.380 e. The van der Waals surface area contributed by atoms with E-state index < -0.39 is 0 Å². The lowest BCUT2D eigenvalue weighted by atomic mass is 10.1. The number of hydrogen-bond acceptors (Lipinski definition) is 3. The molecule has 0 bridgehead atoms. The van der Waals surface area contributed by atoms with Crippen LogP contribution in [0.25, 0.3) is 0 Å². The SMILES string of the molecule is CC(NC1CCOC1)C1CCCO1. The Morgan fingerprint density at radius 3 is 2.85 bits per heavy atom. The van der Waals surface area contributed by atoms with Crippen LogP contribution in [-0.4, -0.2) is 38.0 Å². The summed E-state index contributed by atoms with van der Waals surface area (Å²) in [6.07, 6.45) is 4.01. The second-order valence-corrected chi connectivity index (χ2v) is 4.07. The summed E-state index contributed by atoms with van der Waals surface area (Å²) in [4.78, 5) is 0. The molecule has 2 rings (SSSR count). The van der Waals surface area contributed by atoms with Gasteiger partial charge in [-0.2, -0.15) is 0 Å². The Hall–Kier alpha value is -0.120. The van der Waals surface area contributed by atoms with Crippen molar-refractivity contribution < 1.29 is 9.47 Å². The molecule has 0 spiro atoms. The maximum Gasteiger partial charge on any atom is 0.0726 e. The molecule has 0 aliphatic carbocycles. The van der Waals surface area contributed by atoms with E-state index in [1.165, 1.54) is 12.8 Å². The lowest BCUT2D eigenvalue weighted by molar-refractivity contribution is 0.0784. The molecule has 3 heteroatoms. The van der Waals surface area contributed by atoms with E-state index in [2.05, 4.69) is 12.2 Å². The maximum atomic E-state index is 5.62. The summed E-state index contributed by atoms with van der Waals surface area (Å²) in [5, 5.41) is 3.57. The fourth-order valence-electron chi connectivity index (χ4n) is 2.14. The van der Waals surface area contributed by atoms with Crippen molar-refractivity contribution >= 4 is 0 Å². The molecule has 0 aromatic carbocycles. The zero-order valence-electron chi connectivity index (χ0n) is 8.29. The van der Waals surface area contributed by atoms with Gasteiger partial charge in [-0.05, 0) is 26.2 Å². The molecular weight excluding hydrogens is 166 g/mol. The molecule has 3 unspecified atom stereocenters. The van der Waals surface area contributed by atoms with Crippen molar-refractivity contribution in [1.29, 1.82) is 0 Å². The van der Waals surface area contributed by atoms with Crippen molar-refractivity contribution in [2.45, 2.75) is 44.4 Å². The highest BCUT2D eigenvalue weighted by molar-refractivity contribution is 4.81. The summed E-state index contributed by atoms with van der Waals surface area (Å²) in [6, 6.07) is 1.04. The van der Waals surface area contributed by atoms with Crippen LogP contribution in [0.3, 0.4) is 0 Å². The van der Waals surface area contributed by atoms with Crippen molar-refractivity contribution in [1.82, 2.24) is 5.32 Å². The molecular formula is C10H19NO2. The van der Waals surface area contributed by atoms with Crippen LogP contribution in [0.1, 0.15) is 26.2 Å². The average molecular weight is 185 g/mol. The molecule has 0 saturated carbocycles. The van der Waals surface area contributed by atoms with Crippen LogP contribution in [0.4, 0.5) is 0 Å². The van der Waals surface area contributed by atoms with E-state index in [0.717, 1.165) is 26.2 Å². The summed E-state index contributed by atoms with van der Waals surface area (Å²) in [5.74, 6) is 0. The second kappa shape index (κ2) is 4.40. The Balaban J connectivity index is 1.73. The quantitative estimate of drug-likeness (QED) is 0.709. The zero-order chi connectivity index (χ0) is 9.10. The first kappa shape index (κ1) is 9.44. The first-order chi connectivity index (χ1) is 6.36. The van der Waals surface area contributed by atoms with Gasteiger partial charge in [0.05, 0.1) is 12.7 Å². The standard InChI is InChI=1S/C10H19NO2/c1-8(10-3-2-5-13-10)11-9-4-6-12-7-9/h8-11H,2-7H2,1H3. The minimum absolute atomic E-state index is 0.431. The normalized spacial score (nSPS) is 36.7. The van der Waals surface area contributed by atoms with Crippen molar-refractivity contribution in [2.75, 3.05) is 19.8 Å². The fourth-order valence-corrected chi connectivity index (χ4v) is 2.14. The van der Waals surface area contributed by atoms with Crippen LogP contribution in [0.2, 0.25) is 0 Å². The van der Waals surface area contributed by atoms with Gasteiger partial charge >= 0.3 is 0 Å². The van der Waals surface area contributed by atoms with Crippen LogP contribution in [0, 0.1) is 0 Å². The lowest BCUT2D eigenvalue weighted by Gasteiger charge is -2.23. The Kier molecular flexibility index (Phi) is 3.19. The molecule has 0 aromatic rings. The smallest absolute Gasteiger partial charge is 0.0726 e. The van der Waals surface area contributed by atoms with E-state index in [-0.39, 0.29) is 0 Å². The molecule has 1 N–H and O–H groups in total. The van der Waals surface area contributed by atoms with Gasteiger partial charge in [0, 0.05) is 25.3 Å². The lowest BCUT2D eigenvalue weighted by Crippen LogP contribution is -2.43. The van der Waals surface area contributed by atoms with Gasteiger partial charge in [0.25, 0.3) is 0 Å². The third kappa shape index (κ3) is 2.42. The Morgan fingerprint density at radius 2 is 2.23 bits per heavy atom. The van der Waals surface area contributed by atoms with E-state index in [0.29, 0.717) is 18.2 Å². The molecule has 0 radical (unpaired) electrons. The third-order valence-electron chi connectivity index (χ3n) is 2.95. The highest BCUT2D eigenvalue weighted by Crippen LogP contribution is 2.16. The molecule has 3 nitrogen and oxygen atoms in total. The van der Waals surface area contributed by atoms with E-state index in [1.807, 2.05) is 0 Å². The number of hydrogen-bond donors (Lipinski definition) is 1. The van der Waals surface area contributed by atoms with E-state index in [9.17, 15) is 0 Å². The van der Waals surface area contributed by atoms with Gasteiger partial charge < -0.3 is 14.8 Å². The highest BCUT2D eigenvalue weighted by Gasteiger charge is 2.25. The van der Waals surface area contributed by atoms with Gasteiger partial charge in [-0.25, -0.2) is 0 Å². The van der Waals surface area contributed by atoms with Gasteiger partial charge in [-0.3, -0.25) is 0 Å². The van der Waals surface area contributed by atoms with Crippen LogP contribution in [-0.2, 0) is 9.47 Å². The Labute approximate surface area is 79.8 Å². The summed E-state index contributed by atoms with van der Waals surface area (Å²) in [6.45, 7) is 4.94. The summed E-state index contributed by atoms with van der Waals surface area (Å²) < 4.78 is 10.9. The molecule has 3 atom stereocenters. The van der Waals surface area contributed by atoms with Crippen LogP contribution in [0.15, 0.2) is 0 Å². The minimum atomic E-state index is 0.431. The fraction of sp³-hybridized carbons (Fsp3) is 1.00. The molecule has 2 aliphatic heterocycles. The predicted octanol–water partition coefficient (Wildman–Crippen LogP) is 0.932. The predicted molar refractivity (Wildman–Crippen MR) is 50.8 cm³/mol. The monoisotopic (exact) mass is 185 g/mol. The number of rotatable bonds is 3. The van der Waals surface area contributed by atoms with Crippen LogP contribution in [0.5, 0.6) is 0 Å². The van der Waals surface area contributed by atoms with Gasteiger partial charge in [-0.1, -0.05) is 0 Å².